The van der Waals surface area contributed by atoms with Gasteiger partial charge in [0.05, 0.1) is 11.2 Å². The van der Waals surface area contributed by atoms with E-state index in [2.05, 4.69) is 254 Å². The molecule has 1 saturated carbocycles. The summed E-state index contributed by atoms with van der Waals surface area (Å²) in [5.74, 6) is 0. The lowest BCUT2D eigenvalue weighted by atomic mass is 9.33. The highest BCUT2D eigenvalue weighted by molar-refractivity contribution is 7.00. The van der Waals surface area contributed by atoms with Gasteiger partial charge in [0.25, 0.3) is 6.71 Å². The molecule has 1 aromatic heterocycles. The lowest BCUT2D eigenvalue weighted by molar-refractivity contribution is 0.195. The fourth-order valence-corrected chi connectivity index (χ4v) is 13.3. The van der Waals surface area contributed by atoms with E-state index in [0.29, 0.717) is 0 Å². The van der Waals surface area contributed by atoms with Crippen LogP contribution in [0.25, 0.3) is 22.3 Å². The molecule has 4 nitrogen and oxygen atoms in total. The van der Waals surface area contributed by atoms with E-state index in [4.69, 9.17) is 0 Å². The number of benzene rings is 7. The quantitative estimate of drug-likeness (QED) is 0.160. The highest BCUT2D eigenvalue weighted by atomic mass is 15.3. The van der Waals surface area contributed by atoms with Gasteiger partial charge < -0.3 is 14.7 Å². The maximum atomic E-state index is 4.52. The molecule has 5 heteroatoms. The second-order valence-electron chi connectivity index (χ2n) is 25.4. The first-order chi connectivity index (χ1) is 34.7. The van der Waals surface area contributed by atoms with E-state index in [9.17, 15) is 0 Å². The first-order valence-electron chi connectivity index (χ1n) is 26.9. The SMILES string of the molecule is Cc1cc2c3c(c1)N(c1ccc(C(C)(C)C)cc1-c1ccccc1)c1ccc(C(C)(C)C)cc1B3c1ccc(N3c4ccc(-c5cccnc5)cc4C4(C)CCCCC34C)cc1N2c1ccc(C(C)(C)C)cc1. The molecule has 366 valence electrons. The van der Waals surface area contributed by atoms with Crippen LogP contribution in [0.3, 0.4) is 0 Å². The third-order valence-corrected chi connectivity index (χ3v) is 17.6. The number of aromatic nitrogens is 1. The van der Waals surface area contributed by atoms with Crippen molar-refractivity contribution in [1.82, 2.24) is 4.98 Å². The Bertz CT molecular complexity index is 3470. The zero-order valence-electron chi connectivity index (χ0n) is 45.3. The van der Waals surface area contributed by atoms with Gasteiger partial charge in [-0.2, -0.15) is 0 Å². The molecule has 3 aliphatic heterocycles. The summed E-state index contributed by atoms with van der Waals surface area (Å²) in [6.07, 6.45) is 8.62. The molecule has 12 rings (SSSR count). The molecule has 2 atom stereocenters. The number of hydrogen-bond donors (Lipinski definition) is 0. The lowest BCUT2D eigenvalue weighted by Gasteiger charge is -2.50. The van der Waals surface area contributed by atoms with E-state index in [1.807, 2.05) is 12.4 Å². The molecular weight excluding hydrogens is 884 g/mol. The standard InChI is InChI=1S/C68H71BN4/c1-44-37-61-63-62(38-44)72(57-32-25-49(65(5,6)7)40-53(57)45-19-14-13-15-20-45)59-33-26-50(66(8,9)10)41-56(59)69(63)55-30-29-52(42-60(55)71(61)51-27-23-48(24-28-51)64(2,3)4)73-58-31-22-46(47-21-18-36-70-43-47)39-54(58)67(11)34-16-17-35-68(67,73)12/h13-15,18-33,36-43H,16-17,34-35H2,1-12H3. The number of rotatable bonds is 5. The maximum absolute atomic E-state index is 4.52. The van der Waals surface area contributed by atoms with E-state index < -0.39 is 0 Å². The van der Waals surface area contributed by atoms with Crippen molar-refractivity contribution >= 4 is 68.6 Å². The van der Waals surface area contributed by atoms with E-state index in [1.165, 1.54) is 125 Å². The molecule has 0 saturated heterocycles. The average Bonchev–Trinajstić information content (AvgIpc) is 3.59. The van der Waals surface area contributed by atoms with Gasteiger partial charge in [-0.05, 0) is 177 Å². The fourth-order valence-electron chi connectivity index (χ4n) is 13.3. The molecule has 4 heterocycles. The molecule has 0 radical (unpaired) electrons. The van der Waals surface area contributed by atoms with Gasteiger partial charge in [-0.25, -0.2) is 0 Å². The summed E-state index contributed by atoms with van der Waals surface area (Å²) in [5.41, 5.74) is 25.3. The fraction of sp³-hybridized carbons (Fsp3) is 0.309. The molecule has 0 bridgehead atoms. The third-order valence-electron chi connectivity index (χ3n) is 17.6. The minimum atomic E-state index is -0.122. The molecule has 0 amide bonds. The minimum Gasteiger partial charge on any atom is -0.334 e. The summed E-state index contributed by atoms with van der Waals surface area (Å²) in [6, 6.07) is 59.1. The van der Waals surface area contributed by atoms with E-state index in [1.54, 1.807) is 0 Å². The van der Waals surface area contributed by atoms with Gasteiger partial charge >= 0.3 is 0 Å². The second kappa shape index (κ2) is 16.6. The van der Waals surface area contributed by atoms with Gasteiger partial charge in [0.2, 0.25) is 0 Å². The Kier molecular flexibility index (Phi) is 10.7. The topological polar surface area (TPSA) is 22.6 Å². The summed E-state index contributed by atoms with van der Waals surface area (Å²) in [5, 5.41) is 0. The Hall–Kier alpha value is -6.85. The van der Waals surface area contributed by atoms with Crippen molar-refractivity contribution in [3.8, 4) is 22.3 Å². The largest absolute Gasteiger partial charge is 0.334 e. The van der Waals surface area contributed by atoms with E-state index in [0.717, 1.165) is 12.8 Å². The van der Waals surface area contributed by atoms with Gasteiger partial charge in [-0.1, -0.05) is 161 Å². The Morgan fingerprint density at radius 2 is 1.10 bits per heavy atom. The van der Waals surface area contributed by atoms with Gasteiger partial charge in [0, 0.05) is 63.2 Å². The predicted molar refractivity (Wildman–Crippen MR) is 313 cm³/mol. The third kappa shape index (κ3) is 7.42. The van der Waals surface area contributed by atoms with Crippen LogP contribution >= 0.6 is 0 Å². The molecule has 1 fully saturated rings. The monoisotopic (exact) mass is 955 g/mol. The van der Waals surface area contributed by atoms with E-state index >= 15 is 0 Å². The van der Waals surface area contributed by atoms with Crippen molar-refractivity contribution in [2.45, 2.75) is 136 Å². The van der Waals surface area contributed by atoms with Crippen molar-refractivity contribution < 1.29 is 0 Å². The smallest absolute Gasteiger partial charge is 0.252 e. The first-order valence-corrected chi connectivity index (χ1v) is 26.9. The summed E-state index contributed by atoms with van der Waals surface area (Å²) in [7, 11) is 0. The zero-order valence-corrected chi connectivity index (χ0v) is 45.3. The van der Waals surface area contributed by atoms with E-state index in [-0.39, 0.29) is 33.9 Å². The summed E-state index contributed by atoms with van der Waals surface area (Å²) >= 11 is 0. The molecule has 7 aromatic carbocycles. The molecule has 4 aliphatic rings. The van der Waals surface area contributed by atoms with Gasteiger partial charge in [-0.3, -0.25) is 4.98 Å². The van der Waals surface area contributed by atoms with Crippen LogP contribution in [0.4, 0.5) is 45.5 Å². The van der Waals surface area contributed by atoms with Crippen molar-refractivity contribution in [2.75, 3.05) is 14.7 Å². The molecule has 0 spiro atoms. The summed E-state index contributed by atoms with van der Waals surface area (Å²) in [4.78, 5) is 12.5. The molecule has 1 aliphatic carbocycles. The predicted octanol–water partition coefficient (Wildman–Crippen LogP) is 16.4. The number of fused-ring (bicyclic) bond motifs is 7. The molecule has 0 N–H and O–H groups in total. The minimum absolute atomic E-state index is 0.00856. The van der Waals surface area contributed by atoms with Crippen LogP contribution in [-0.2, 0) is 21.7 Å². The highest BCUT2D eigenvalue weighted by Crippen LogP contribution is 2.62. The van der Waals surface area contributed by atoms with Crippen LogP contribution in [0.15, 0.2) is 164 Å². The Balaban J connectivity index is 1.13. The van der Waals surface area contributed by atoms with Crippen LogP contribution in [0.5, 0.6) is 0 Å². The molecular formula is C68H71BN4. The van der Waals surface area contributed by atoms with Gasteiger partial charge in [0.1, 0.15) is 0 Å². The average molecular weight is 955 g/mol. The van der Waals surface area contributed by atoms with Crippen molar-refractivity contribution in [1.29, 1.82) is 0 Å². The summed E-state index contributed by atoms with van der Waals surface area (Å²) in [6.45, 7) is 28.4. The summed E-state index contributed by atoms with van der Waals surface area (Å²) < 4.78 is 0. The first kappa shape index (κ1) is 47.2. The molecule has 8 aromatic rings. The van der Waals surface area contributed by atoms with Crippen LogP contribution in [0.1, 0.15) is 130 Å². The van der Waals surface area contributed by atoms with Gasteiger partial charge in [0.15, 0.2) is 0 Å². The number of anilines is 8. The number of hydrogen-bond acceptors (Lipinski definition) is 4. The second-order valence-corrected chi connectivity index (χ2v) is 25.4. The number of pyridine rings is 1. The van der Waals surface area contributed by atoms with Crippen molar-refractivity contribution in [3.05, 3.63) is 192 Å². The Morgan fingerprint density at radius 1 is 0.479 bits per heavy atom. The van der Waals surface area contributed by atoms with Crippen molar-refractivity contribution in [2.24, 2.45) is 0 Å². The maximum Gasteiger partial charge on any atom is 0.252 e. The molecule has 2 unspecified atom stereocenters. The van der Waals surface area contributed by atoms with Gasteiger partial charge in [-0.15, -0.1) is 0 Å². The van der Waals surface area contributed by atoms with Crippen LogP contribution in [0.2, 0.25) is 0 Å². The van der Waals surface area contributed by atoms with Crippen LogP contribution in [-0.4, -0.2) is 17.2 Å². The normalized spacial score (nSPS) is 19.0. The Labute approximate surface area is 436 Å². The van der Waals surface area contributed by atoms with Crippen molar-refractivity contribution in [3.63, 3.8) is 0 Å². The lowest BCUT2D eigenvalue weighted by Crippen LogP contribution is -2.61. The number of aryl methyl sites for hydroxylation is 1. The molecule has 73 heavy (non-hydrogen) atoms. The van der Waals surface area contributed by atoms with Crippen LogP contribution < -0.4 is 31.1 Å². The van der Waals surface area contributed by atoms with Crippen LogP contribution in [0, 0.1) is 6.92 Å². The zero-order chi connectivity index (χ0) is 51.0. The highest BCUT2D eigenvalue weighted by Gasteiger charge is 2.58. The Morgan fingerprint density at radius 3 is 1.78 bits per heavy atom. The number of nitrogens with zero attached hydrogens (tertiary/aromatic N) is 4.